The van der Waals surface area contributed by atoms with Gasteiger partial charge in [-0.15, -0.1) is 0 Å². The Balaban J connectivity index is 1.52. The quantitative estimate of drug-likeness (QED) is 0.0950. The predicted octanol–water partition coefficient (Wildman–Crippen LogP) is 6.27. The maximum Gasteiger partial charge on any atom is 0.278 e. The Hall–Kier alpha value is -4.49. The SMILES string of the molecule is COC(C)(CCO)C(=O)N=C(c1ncc(-c2ccc(-c3ccc(-c4cnc([C@@H](NC(=O)C(C)(CCO)OC)C(C)(C)C)[nH]4)cc3)cc2)[nH]1)C(C)(C)C. The predicted molar refractivity (Wildman–Crippen MR) is 203 cm³/mol. The van der Waals surface area contributed by atoms with Gasteiger partial charge in [-0.05, 0) is 41.5 Å². The van der Waals surface area contributed by atoms with Gasteiger partial charge in [-0.1, -0.05) is 90.1 Å². The van der Waals surface area contributed by atoms with E-state index in [1.54, 1.807) is 26.2 Å². The average molecular weight is 715 g/mol. The van der Waals surface area contributed by atoms with E-state index >= 15 is 0 Å². The maximum atomic E-state index is 13.2. The molecule has 12 heteroatoms. The Labute approximate surface area is 306 Å². The first-order chi connectivity index (χ1) is 24.4. The van der Waals surface area contributed by atoms with Crippen LogP contribution < -0.4 is 5.32 Å². The van der Waals surface area contributed by atoms with Crippen molar-refractivity contribution < 1.29 is 29.3 Å². The molecule has 4 rings (SSSR count). The standard InChI is InChI=1S/C40H54N6O6/c1-37(2,3)31(45-35(49)39(7,51-9)19-21-47)33-41-23-29(43-33)27-15-11-25(12-16-27)26-13-17-28(18-14-26)30-24-42-34(44-30)32(38(4,5)6)46-36(50)40(8,52-10)20-22-48/h11-18,23-24,31,47-48H,19-22H2,1-10H3,(H,41,43)(H,42,44)(H,45,49)/t31-,39?,40?/m1/s1. The number of aliphatic hydroxyl groups is 2. The summed E-state index contributed by atoms with van der Waals surface area (Å²) in [5.41, 5.74) is 2.78. The number of amides is 2. The van der Waals surface area contributed by atoms with Gasteiger partial charge in [0.25, 0.3) is 11.8 Å². The van der Waals surface area contributed by atoms with Crippen molar-refractivity contribution in [2.45, 2.75) is 85.5 Å². The molecule has 2 aromatic carbocycles. The normalized spacial score (nSPS) is 15.5. The number of hydrogen-bond acceptors (Lipinski definition) is 8. The highest BCUT2D eigenvalue weighted by molar-refractivity contribution is 6.08. The van der Waals surface area contributed by atoms with Crippen LogP contribution >= 0.6 is 0 Å². The van der Waals surface area contributed by atoms with Gasteiger partial charge in [-0.3, -0.25) is 9.59 Å². The molecule has 3 atom stereocenters. The fraction of sp³-hybridized carbons (Fsp3) is 0.475. The molecular weight excluding hydrogens is 660 g/mol. The Bertz CT molecular complexity index is 1850. The summed E-state index contributed by atoms with van der Waals surface area (Å²) in [6, 6.07) is 15.8. The lowest BCUT2D eigenvalue weighted by Gasteiger charge is -2.34. The average Bonchev–Trinajstić information content (AvgIpc) is 3.79. The van der Waals surface area contributed by atoms with Crippen LogP contribution in [-0.2, 0) is 19.1 Å². The molecular formula is C40H54N6O6. The van der Waals surface area contributed by atoms with Crippen LogP contribution in [0.25, 0.3) is 33.6 Å². The molecule has 0 aliphatic heterocycles. The van der Waals surface area contributed by atoms with Crippen molar-refractivity contribution in [1.82, 2.24) is 25.3 Å². The van der Waals surface area contributed by atoms with Crippen molar-refractivity contribution in [3.8, 4) is 33.6 Å². The van der Waals surface area contributed by atoms with E-state index in [9.17, 15) is 19.8 Å². The van der Waals surface area contributed by atoms with Crippen LogP contribution in [0.15, 0.2) is 65.9 Å². The van der Waals surface area contributed by atoms with Gasteiger partial charge < -0.3 is 35.0 Å². The summed E-state index contributed by atoms with van der Waals surface area (Å²) in [4.78, 5) is 46.7. The van der Waals surface area contributed by atoms with E-state index in [1.165, 1.54) is 14.2 Å². The number of methoxy groups -OCH3 is 2. The summed E-state index contributed by atoms with van der Waals surface area (Å²) in [5, 5.41) is 22.0. The third kappa shape index (κ3) is 9.11. The smallest absolute Gasteiger partial charge is 0.278 e. The van der Waals surface area contributed by atoms with Crippen molar-refractivity contribution in [3.63, 3.8) is 0 Å². The minimum Gasteiger partial charge on any atom is -0.396 e. The molecule has 2 unspecified atom stereocenters. The van der Waals surface area contributed by atoms with Crippen LogP contribution in [0.1, 0.15) is 85.9 Å². The number of benzene rings is 2. The molecule has 0 bridgehead atoms. The number of nitrogens with one attached hydrogen (secondary N) is 3. The first kappa shape index (κ1) is 40.3. The summed E-state index contributed by atoms with van der Waals surface area (Å²) < 4.78 is 10.9. The highest BCUT2D eigenvalue weighted by Crippen LogP contribution is 2.34. The number of aromatic amines is 2. The van der Waals surface area contributed by atoms with Crippen molar-refractivity contribution in [2.24, 2.45) is 15.8 Å². The number of rotatable bonds is 14. The second-order valence-electron chi connectivity index (χ2n) is 15.6. The number of nitrogens with zero attached hydrogens (tertiary/aromatic N) is 3. The molecule has 280 valence electrons. The van der Waals surface area contributed by atoms with Crippen molar-refractivity contribution in [3.05, 3.63) is 72.6 Å². The lowest BCUT2D eigenvalue weighted by atomic mass is 9.85. The van der Waals surface area contributed by atoms with Crippen LogP contribution in [-0.4, -0.2) is 86.3 Å². The summed E-state index contributed by atoms with van der Waals surface area (Å²) in [6.07, 6.45) is 3.80. The molecule has 52 heavy (non-hydrogen) atoms. The van der Waals surface area contributed by atoms with E-state index in [4.69, 9.17) is 9.47 Å². The van der Waals surface area contributed by atoms with Gasteiger partial charge in [-0.25, -0.2) is 15.0 Å². The maximum absolute atomic E-state index is 13.2. The fourth-order valence-corrected chi connectivity index (χ4v) is 5.71. The van der Waals surface area contributed by atoms with Crippen LogP contribution in [0.5, 0.6) is 0 Å². The van der Waals surface area contributed by atoms with Gasteiger partial charge in [0, 0.05) is 45.7 Å². The molecule has 2 aromatic heterocycles. The fourth-order valence-electron chi connectivity index (χ4n) is 5.71. The molecule has 0 radical (unpaired) electrons. The largest absolute Gasteiger partial charge is 0.396 e. The molecule has 0 spiro atoms. The first-order valence-corrected chi connectivity index (χ1v) is 17.5. The highest BCUT2D eigenvalue weighted by Gasteiger charge is 2.38. The van der Waals surface area contributed by atoms with Gasteiger partial charge in [0.1, 0.15) is 17.0 Å². The van der Waals surface area contributed by atoms with E-state index in [-0.39, 0.29) is 37.4 Å². The molecule has 0 fully saturated rings. The van der Waals surface area contributed by atoms with Gasteiger partial charge in [0.2, 0.25) is 0 Å². The molecule has 4 aromatic rings. The van der Waals surface area contributed by atoms with Gasteiger partial charge in [0.05, 0.1) is 35.5 Å². The third-order valence-corrected chi connectivity index (χ3v) is 9.47. The Kier molecular flexibility index (Phi) is 12.4. The molecule has 0 saturated heterocycles. The highest BCUT2D eigenvalue weighted by atomic mass is 16.5. The summed E-state index contributed by atoms with van der Waals surface area (Å²) in [6.45, 7) is 14.9. The zero-order valence-electron chi connectivity index (χ0n) is 32.0. The minimum atomic E-state index is -1.24. The Morgan fingerprint density at radius 1 is 0.731 bits per heavy atom. The number of imidazole rings is 2. The number of ether oxygens (including phenoxy) is 2. The number of H-pyrrole nitrogens is 2. The lowest BCUT2D eigenvalue weighted by Crippen LogP contribution is -2.50. The first-order valence-electron chi connectivity index (χ1n) is 17.5. The second-order valence-corrected chi connectivity index (χ2v) is 15.6. The summed E-state index contributed by atoms with van der Waals surface area (Å²) in [5.74, 6) is 0.331. The van der Waals surface area contributed by atoms with Crippen LogP contribution in [0, 0.1) is 10.8 Å². The van der Waals surface area contributed by atoms with Gasteiger partial charge >= 0.3 is 0 Å². The number of aromatic nitrogens is 4. The Morgan fingerprint density at radius 2 is 1.19 bits per heavy atom. The number of aliphatic imine (C=N–C) groups is 1. The number of hydrogen-bond donors (Lipinski definition) is 5. The molecule has 2 heterocycles. The van der Waals surface area contributed by atoms with E-state index in [0.29, 0.717) is 17.4 Å². The molecule has 0 saturated carbocycles. The topological polar surface area (TPSA) is 175 Å². The van der Waals surface area contributed by atoms with E-state index in [2.05, 4.69) is 42.4 Å². The van der Waals surface area contributed by atoms with Crippen LogP contribution in [0.4, 0.5) is 0 Å². The van der Waals surface area contributed by atoms with E-state index in [1.807, 2.05) is 77.9 Å². The monoisotopic (exact) mass is 714 g/mol. The second kappa shape index (κ2) is 16.0. The molecule has 5 N–H and O–H groups in total. The third-order valence-electron chi connectivity index (χ3n) is 9.47. The van der Waals surface area contributed by atoms with Crippen LogP contribution in [0.3, 0.4) is 0 Å². The van der Waals surface area contributed by atoms with Crippen molar-refractivity contribution in [2.75, 3.05) is 27.4 Å². The Morgan fingerprint density at radius 3 is 1.65 bits per heavy atom. The van der Waals surface area contributed by atoms with E-state index < -0.39 is 28.6 Å². The van der Waals surface area contributed by atoms with Gasteiger partial charge in [0.15, 0.2) is 5.82 Å². The van der Waals surface area contributed by atoms with Crippen LogP contribution in [0.2, 0.25) is 0 Å². The minimum absolute atomic E-state index is 0.132. The number of carbonyl (C=O) groups excluding carboxylic acids is 2. The zero-order chi connectivity index (χ0) is 38.5. The summed E-state index contributed by atoms with van der Waals surface area (Å²) >= 11 is 0. The molecule has 12 nitrogen and oxygen atoms in total. The molecule has 0 aliphatic carbocycles. The van der Waals surface area contributed by atoms with Crippen molar-refractivity contribution in [1.29, 1.82) is 0 Å². The lowest BCUT2D eigenvalue weighted by molar-refractivity contribution is -0.145. The van der Waals surface area contributed by atoms with E-state index in [0.717, 1.165) is 33.6 Å². The van der Waals surface area contributed by atoms with Crippen molar-refractivity contribution >= 4 is 17.5 Å². The molecule has 0 aliphatic rings. The molecule has 2 amide bonds. The number of carbonyl (C=O) groups is 2. The number of aliphatic hydroxyl groups excluding tert-OH is 2. The summed E-state index contributed by atoms with van der Waals surface area (Å²) in [7, 11) is 2.90. The zero-order valence-corrected chi connectivity index (χ0v) is 32.0. The van der Waals surface area contributed by atoms with Gasteiger partial charge in [-0.2, -0.15) is 0 Å².